The van der Waals surface area contributed by atoms with Gasteiger partial charge in [0.05, 0.1) is 17.2 Å². The molecule has 1 aliphatic rings. The van der Waals surface area contributed by atoms with Crippen molar-refractivity contribution in [1.29, 1.82) is 0 Å². The van der Waals surface area contributed by atoms with Crippen molar-refractivity contribution >= 4 is 23.3 Å². The molecule has 0 N–H and O–H groups in total. The molecule has 2 aromatic rings. The molecule has 0 heterocycles. The first-order valence-electron chi connectivity index (χ1n) is 13.7. The minimum atomic E-state index is -0.433. The summed E-state index contributed by atoms with van der Waals surface area (Å²) in [4.78, 5) is 40.3. The summed E-state index contributed by atoms with van der Waals surface area (Å²) in [5.41, 5.74) is 5.34. The lowest BCUT2D eigenvalue weighted by atomic mass is 9.71. The first-order valence-corrected chi connectivity index (χ1v) is 13.7. The van der Waals surface area contributed by atoms with E-state index in [1.54, 1.807) is 19.1 Å². The summed E-state index contributed by atoms with van der Waals surface area (Å²) in [6.07, 6.45) is 5.70. The maximum Gasteiger partial charge on any atom is 0.334 e. The van der Waals surface area contributed by atoms with E-state index in [0.29, 0.717) is 25.2 Å². The molecule has 0 fully saturated rings. The molecule has 0 bridgehead atoms. The molecule has 0 amide bonds. The molecule has 8 heteroatoms. The molecule has 2 aromatic carbocycles. The van der Waals surface area contributed by atoms with Crippen LogP contribution in [0.4, 0.5) is 5.69 Å². The molecule has 0 radical (unpaired) electrons. The largest absolute Gasteiger partial charge is 0.466 e. The minimum absolute atomic E-state index is 0.0945. The van der Waals surface area contributed by atoms with Crippen molar-refractivity contribution in [3.05, 3.63) is 63.2 Å². The van der Waals surface area contributed by atoms with Gasteiger partial charge in [-0.25, -0.2) is 4.79 Å². The van der Waals surface area contributed by atoms with Gasteiger partial charge in [-0.2, -0.15) is 0 Å². The number of carbonyl (C=O) groups excluding carboxylic acids is 2. The van der Waals surface area contributed by atoms with Gasteiger partial charge in [0.1, 0.15) is 0 Å². The zero-order valence-electron chi connectivity index (χ0n) is 22.9. The third kappa shape index (κ3) is 6.29. The molecule has 0 unspecified atom stereocenters. The lowest BCUT2D eigenvalue weighted by Crippen LogP contribution is -2.25. The molecule has 1 aliphatic carbocycles. The van der Waals surface area contributed by atoms with E-state index >= 15 is 0 Å². The van der Waals surface area contributed by atoms with E-state index < -0.39 is 5.97 Å². The number of carbonyl (C=O) groups is 2. The predicted octanol–water partition coefficient (Wildman–Crippen LogP) is 7.24. The highest BCUT2D eigenvalue weighted by atomic mass is 16.7. The second-order valence-corrected chi connectivity index (χ2v) is 9.76. The van der Waals surface area contributed by atoms with Crippen molar-refractivity contribution in [1.82, 2.24) is 0 Å². The maximum absolute atomic E-state index is 12.0. The van der Waals surface area contributed by atoms with Crippen molar-refractivity contribution in [2.75, 3.05) is 6.61 Å². The van der Waals surface area contributed by atoms with Crippen LogP contribution in [0.25, 0.3) is 11.1 Å². The molecular weight excluding hydrogens is 484 g/mol. The third-order valence-corrected chi connectivity index (χ3v) is 7.05. The van der Waals surface area contributed by atoms with Gasteiger partial charge in [-0.1, -0.05) is 57.8 Å². The number of non-ortho nitro benzene ring substituents is 1. The van der Waals surface area contributed by atoms with Crippen molar-refractivity contribution in [2.45, 2.75) is 90.9 Å². The third-order valence-electron chi connectivity index (χ3n) is 7.05. The van der Waals surface area contributed by atoms with Crippen LogP contribution in [0.1, 0.15) is 102 Å². The number of esters is 1. The molecule has 0 aliphatic heterocycles. The van der Waals surface area contributed by atoms with Gasteiger partial charge in [0.25, 0.3) is 5.69 Å². The highest BCUT2D eigenvalue weighted by molar-refractivity contribution is 6.02. The van der Waals surface area contributed by atoms with Crippen LogP contribution in [0.2, 0.25) is 0 Å². The van der Waals surface area contributed by atoms with Crippen molar-refractivity contribution in [3.63, 3.8) is 0 Å². The Morgan fingerprint density at radius 3 is 2.16 bits per heavy atom. The van der Waals surface area contributed by atoms with E-state index in [4.69, 9.17) is 9.57 Å². The van der Waals surface area contributed by atoms with E-state index in [2.05, 4.69) is 25.1 Å². The summed E-state index contributed by atoms with van der Waals surface area (Å²) >= 11 is 0. The Labute approximate surface area is 224 Å². The maximum atomic E-state index is 12.0. The number of hydrogen-bond acceptors (Lipinski definition) is 7. The summed E-state index contributed by atoms with van der Waals surface area (Å²) in [5.74, 6) is -0.690. The van der Waals surface area contributed by atoms with Gasteiger partial charge in [0.15, 0.2) is 0 Å². The molecule has 8 nitrogen and oxygen atoms in total. The van der Waals surface area contributed by atoms with Crippen LogP contribution >= 0.6 is 0 Å². The van der Waals surface area contributed by atoms with Crippen LogP contribution < -0.4 is 0 Å². The van der Waals surface area contributed by atoms with Crippen molar-refractivity contribution in [3.8, 4) is 11.1 Å². The van der Waals surface area contributed by atoms with Crippen LogP contribution in [0, 0.1) is 10.1 Å². The van der Waals surface area contributed by atoms with Crippen LogP contribution in [0.15, 0.2) is 41.6 Å². The second kappa shape index (κ2) is 13.3. The fourth-order valence-corrected chi connectivity index (χ4v) is 5.39. The molecule has 0 atom stereocenters. The Balaban J connectivity index is 2.04. The zero-order chi connectivity index (χ0) is 27.7. The predicted molar refractivity (Wildman–Crippen MR) is 147 cm³/mol. The van der Waals surface area contributed by atoms with Gasteiger partial charge in [0.2, 0.25) is 0 Å². The van der Waals surface area contributed by atoms with Gasteiger partial charge in [-0.05, 0) is 72.1 Å². The smallest absolute Gasteiger partial charge is 0.334 e. The number of nitrogens with zero attached hydrogens (tertiary/aromatic N) is 2. The molecule has 0 aromatic heterocycles. The zero-order valence-corrected chi connectivity index (χ0v) is 22.9. The average molecular weight is 523 g/mol. The van der Waals surface area contributed by atoms with Crippen LogP contribution in [-0.4, -0.2) is 29.2 Å². The molecule has 204 valence electrons. The summed E-state index contributed by atoms with van der Waals surface area (Å²) in [7, 11) is 0. The number of ether oxygens (including phenoxy) is 1. The number of hydrogen-bond donors (Lipinski definition) is 0. The molecule has 0 saturated heterocycles. The summed E-state index contributed by atoms with van der Waals surface area (Å²) < 4.78 is 5.19. The first kappa shape index (κ1) is 29.0. The topological polar surface area (TPSA) is 108 Å². The monoisotopic (exact) mass is 522 g/mol. The normalized spacial score (nSPS) is 13.5. The molecular formula is C30H38N2O6. The number of fused-ring (bicyclic) bond motifs is 3. The summed E-state index contributed by atoms with van der Waals surface area (Å²) in [5, 5.41) is 15.8. The van der Waals surface area contributed by atoms with E-state index in [1.165, 1.54) is 0 Å². The van der Waals surface area contributed by atoms with Crippen LogP contribution in [0.5, 0.6) is 0 Å². The Kier molecular flexibility index (Phi) is 10.2. The SMILES string of the molecule is CCCOC(=O)CCC/C(=N/OC(=O)CC)c1ccc2c(c1)C(CCC)(CCC)c1cc([N+](=O)[O-])ccc1-2. The quantitative estimate of drug-likeness (QED) is 0.0850. The average Bonchev–Trinajstić information content (AvgIpc) is 3.17. The van der Waals surface area contributed by atoms with Crippen molar-refractivity contribution < 1.29 is 24.1 Å². The minimum Gasteiger partial charge on any atom is -0.466 e. The van der Waals surface area contributed by atoms with Crippen molar-refractivity contribution in [2.24, 2.45) is 5.16 Å². The first-order chi connectivity index (χ1) is 18.3. The van der Waals surface area contributed by atoms with Crippen LogP contribution in [-0.2, 0) is 24.6 Å². The highest BCUT2D eigenvalue weighted by Crippen LogP contribution is 2.54. The summed E-state index contributed by atoms with van der Waals surface area (Å²) in [6.45, 7) is 8.31. The number of rotatable bonds is 14. The second-order valence-electron chi connectivity index (χ2n) is 9.76. The Morgan fingerprint density at radius 2 is 1.55 bits per heavy atom. The van der Waals surface area contributed by atoms with E-state index in [1.807, 2.05) is 25.1 Å². The van der Waals surface area contributed by atoms with E-state index in [-0.39, 0.29) is 34.8 Å². The fourth-order valence-electron chi connectivity index (χ4n) is 5.39. The van der Waals surface area contributed by atoms with Gasteiger partial charge in [0, 0.05) is 30.4 Å². The lowest BCUT2D eigenvalue weighted by molar-refractivity contribution is -0.384. The fraction of sp³-hybridized carbons (Fsp3) is 0.500. The van der Waals surface area contributed by atoms with E-state index in [0.717, 1.165) is 59.9 Å². The standard InChI is InChI=1S/C30H38N2O6/c1-5-16-30(17-6-2)25-19-21(12-14-23(25)24-15-13-22(32(35)36)20-26(24)30)27(31-38-28(33)8-4)10-9-11-29(34)37-18-7-3/h12-15,19-20H,5-11,16-18H2,1-4H3/b31-27-. The summed E-state index contributed by atoms with van der Waals surface area (Å²) in [6, 6.07) is 11.3. The highest BCUT2D eigenvalue weighted by Gasteiger charge is 2.43. The number of nitro benzene ring substituents is 1. The molecule has 38 heavy (non-hydrogen) atoms. The molecule has 3 rings (SSSR count). The van der Waals surface area contributed by atoms with Gasteiger partial charge in [-0.3, -0.25) is 14.9 Å². The number of nitro groups is 1. The Morgan fingerprint density at radius 1 is 0.895 bits per heavy atom. The van der Waals surface area contributed by atoms with Crippen LogP contribution in [0.3, 0.4) is 0 Å². The Hall–Kier alpha value is -3.55. The molecule has 0 spiro atoms. The number of oxime groups is 1. The van der Waals surface area contributed by atoms with E-state index in [9.17, 15) is 19.7 Å². The lowest BCUT2D eigenvalue weighted by Gasteiger charge is -2.32. The van der Waals surface area contributed by atoms with Gasteiger partial charge < -0.3 is 9.57 Å². The van der Waals surface area contributed by atoms with Gasteiger partial charge >= 0.3 is 11.9 Å². The molecule has 0 saturated carbocycles. The Bertz CT molecular complexity index is 1200. The number of benzene rings is 2. The van der Waals surface area contributed by atoms with Gasteiger partial charge in [-0.15, -0.1) is 0 Å².